The Kier molecular flexibility index (Phi) is 3.22. The van der Waals surface area contributed by atoms with E-state index in [1.54, 1.807) is 11.3 Å². The Hall–Kier alpha value is -1.14. The van der Waals surface area contributed by atoms with Crippen LogP contribution >= 0.6 is 23.1 Å². The van der Waals surface area contributed by atoms with Gasteiger partial charge in [-0.15, -0.1) is 11.3 Å². The number of aromatic nitrogens is 2. The van der Waals surface area contributed by atoms with E-state index in [4.69, 9.17) is 0 Å². The average molecular weight is 293 g/mol. The number of hydrogen-bond donors (Lipinski definition) is 0. The van der Waals surface area contributed by atoms with Crippen LogP contribution in [0.5, 0.6) is 0 Å². The Morgan fingerprint density at radius 1 is 1.42 bits per heavy atom. The molecule has 0 atom stereocenters. The number of hydrogen-bond acceptors (Lipinski definition) is 6. The maximum atomic E-state index is 10.7. The second-order valence-corrected chi connectivity index (χ2v) is 6.95. The van der Waals surface area contributed by atoms with Gasteiger partial charge in [0.15, 0.2) is 0 Å². The standard InChI is InChI=1S/C13H14N2O2S2/c1-6-7(2)19-13-10(6)12(18-5-9(16)17)14-11(15-13)8-3-4-8/h8H,3-5H2,1-2H3,(H,16,17)/p-1. The summed E-state index contributed by atoms with van der Waals surface area (Å²) in [6.45, 7) is 4.10. The topological polar surface area (TPSA) is 65.9 Å². The van der Waals surface area contributed by atoms with Crippen molar-refractivity contribution in [1.82, 2.24) is 9.97 Å². The van der Waals surface area contributed by atoms with E-state index in [0.717, 1.165) is 39.5 Å². The fraction of sp³-hybridized carbons (Fsp3) is 0.462. The van der Waals surface area contributed by atoms with Crippen molar-refractivity contribution in [2.75, 3.05) is 5.75 Å². The lowest BCUT2D eigenvalue weighted by molar-refractivity contribution is -0.301. The number of fused-ring (bicyclic) bond motifs is 1. The van der Waals surface area contributed by atoms with Gasteiger partial charge in [0, 0.05) is 21.9 Å². The normalized spacial score (nSPS) is 15.1. The van der Waals surface area contributed by atoms with Gasteiger partial charge in [-0.2, -0.15) is 0 Å². The SMILES string of the molecule is Cc1sc2nc(C3CC3)nc(SCC(=O)[O-])c2c1C. The largest absolute Gasteiger partial charge is 0.549 e. The zero-order chi connectivity index (χ0) is 13.6. The maximum absolute atomic E-state index is 10.7. The predicted molar refractivity (Wildman–Crippen MR) is 74.6 cm³/mol. The summed E-state index contributed by atoms with van der Waals surface area (Å²) in [7, 11) is 0. The lowest BCUT2D eigenvalue weighted by Crippen LogP contribution is -2.24. The number of carboxylic acid groups (broad SMARTS) is 1. The van der Waals surface area contributed by atoms with Crippen LogP contribution < -0.4 is 5.11 Å². The molecule has 100 valence electrons. The first kappa shape index (κ1) is 12.9. The van der Waals surface area contributed by atoms with Crippen molar-refractivity contribution in [1.29, 1.82) is 0 Å². The molecule has 6 heteroatoms. The van der Waals surface area contributed by atoms with Crippen molar-refractivity contribution >= 4 is 39.3 Å². The molecule has 0 unspecified atom stereocenters. The molecule has 0 spiro atoms. The second-order valence-electron chi connectivity index (χ2n) is 4.79. The van der Waals surface area contributed by atoms with Crippen LogP contribution in [0, 0.1) is 13.8 Å². The van der Waals surface area contributed by atoms with Crippen LogP contribution in [0.1, 0.15) is 35.0 Å². The summed E-state index contributed by atoms with van der Waals surface area (Å²) in [4.78, 5) is 22.1. The average Bonchev–Trinajstić information content (AvgIpc) is 3.15. The van der Waals surface area contributed by atoms with Gasteiger partial charge in [0.2, 0.25) is 0 Å². The fourth-order valence-electron chi connectivity index (χ4n) is 1.98. The van der Waals surface area contributed by atoms with Crippen LogP contribution in [0.25, 0.3) is 10.2 Å². The van der Waals surface area contributed by atoms with Gasteiger partial charge in [0.25, 0.3) is 0 Å². The van der Waals surface area contributed by atoms with Crippen LogP contribution in [-0.4, -0.2) is 21.7 Å². The number of rotatable bonds is 4. The molecule has 1 saturated carbocycles. The van der Waals surface area contributed by atoms with E-state index < -0.39 is 5.97 Å². The first-order valence-electron chi connectivity index (χ1n) is 6.16. The summed E-state index contributed by atoms with van der Waals surface area (Å²) < 4.78 is 0. The highest BCUT2D eigenvalue weighted by molar-refractivity contribution is 8.00. The first-order chi connectivity index (χ1) is 9.06. The summed E-state index contributed by atoms with van der Waals surface area (Å²) in [5, 5.41) is 12.5. The molecule has 1 aliphatic carbocycles. The first-order valence-corrected chi connectivity index (χ1v) is 7.96. The molecule has 0 aliphatic heterocycles. The molecule has 19 heavy (non-hydrogen) atoms. The highest BCUT2D eigenvalue weighted by Gasteiger charge is 2.28. The zero-order valence-electron chi connectivity index (χ0n) is 10.7. The van der Waals surface area contributed by atoms with Gasteiger partial charge in [0.05, 0.1) is 5.97 Å². The van der Waals surface area contributed by atoms with Crippen molar-refractivity contribution in [3.05, 3.63) is 16.3 Å². The van der Waals surface area contributed by atoms with Gasteiger partial charge < -0.3 is 9.90 Å². The summed E-state index contributed by atoms with van der Waals surface area (Å²) in [6.07, 6.45) is 2.28. The number of thiophene rings is 1. The predicted octanol–water partition coefficient (Wildman–Crippen LogP) is 2.03. The van der Waals surface area contributed by atoms with Gasteiger partial charge >= 0.3 is 0 Å². The number of nitrogens with zero attached hydrogens (tertiary/aromatic N) is 2. The van der Waals surface area contributed by atoms with E-state index in [1.807, 2.05) is 6.92 Å². The Balaban J connectivity index is 2.11. The molecule has 2 aromatic heterocycles. The molecule has 0 bridgehead atoms. The van der Waals surface area contributed by atoms with Crippen molar-refractivity contribution in [3.63, 3.8) is 0 Å². The third kappa shape index (κ3) is 2.47. The van der Waals surface area contributed by atoms with Gasteiger partial charge in [-0.05, 0) is 32.3 Å². The number of carbonyl (C=O) groups is 1. The van der Waals surface area contributed by atoms with Gasteiger partial charge in [-0.25, -0.2) is 9.97 Å². The van der Waals surface area contributed by atoms with Crippen LogP contribution in [0.2, 0.25) is 0 Å². The monoisotopic (exact) mass is 293 g/mol. The van der Waals surface area contributed by atoms with E-state index in [-0.39, 0.29) is 5.75 Å². The van der Waals surface area contributed by atoms with Gasteiger partial charge in [-0.3, -0.25) is 0 Å². The third-order valence-corrected chi connectivity index (χ3v) is 5.33. The Bertz CT molecular complexity index is 662. The van der Waals surface area contributed by atoms with E-state index in [9.17, 15) is 9.90 Å². The van der Waals surface area contributed by atoms with Crippen molar-refractivity contribution < 1.29 is 9.90 Å². The number of carboxylic acids is 1. The highest BCUT2D eigenvalue weighted by Crippen LogP contribution is 2.42. The lowest BCUT2D eigenvalue weighted by atomic mass is 10.2. The van der Waals surface area contributed by atoms with E-state index >= 15 is 0 Å². The molecule has 2 aromatic rings. The minimum Gasteiger partial charge on any atom is -0.549 e. The molecular formula is C13H13N2O2S2-. The Morgan fingerprint density at radius 3 is 2.79 bits per heavy atom. The molecule has 0 N–H and O–H groups in total. The molecule has 0 saturated heterocycles. The van der Waals surface area contributed by atoms with Crippen LogP contribution in [-0.2, 0) is 4.79 Å². The Morgan fingerprint density at radius 2 is 2.16 bits per heavy atom. The molecule has 1 fully saturated rings. The smallest absolute Gasteiger partial charge is 0.134 e. The van der Waals surface area contributed by atoms with Gasteiger partial charge in [0.1, 0.15) is 15.7 Å². The highest BCUT2D eigenvalue weighted by atomic mass is 32.2. The third-order valence-electron chi connectivity index (χ3n) is 3.28. The number of thioether (sulfide) groups is 1. The maximum Gasteiger partial charge on any atom is 0.134 e. The van der Waals surface area contributed by atoms with Crippen molar-refractivity contribution in [3.8, 4) is 0 Å². The van der Waals surface area contributed by atoms with Crippen LogP contribution in [0.15, 0.2) is 5.03 Å². The Labute approximate surface area is 119 Å². The van der Waals surface area contributed by atoms with Crippen molar-refractivity contribution in [2.45, 2.75) is 37.6 Å². The molecule has 2 heterocycles. The summed E-state index contributed by atoms with van der Waals surface area (Å²) in [5.41, 5.74) is 1.16. The number of carbonyl (C=O) groups excluding carboxylic acids is 1. The number of aliphatic carboxylic acids is 1. The minimum absolute atomic E-state index is 0.0649. The molecule has 1 aliphatic rings. The molecular weight excluding hydrogens is 280 g/mol. The van der Waals surface area contributed by atoms with E-state index in [1.165, 1.54) is 16.6 Å². The van der Waals surface area contributed by atoms with Gasteiger partial charge in [-0.1, -0.05) is 11.8 Å². The molecule has 0 radical (unpaired) electrons. The van der Waals surface area contributed by atoms with E-state index in [0.29, 0.717) is 5.92 Å². The van der Waals surface area contributed by atoms with Crippen LogP contribution in [0.4, 0.5) is 0 Å². The molecule has 4 nitrogen and oxygen atoms in total. The fourth-order valence-corrected chi connectivity index (χ4v) is 3.89. The van der Waals surface area contributed by atoms with E-state index in [2.05, 4.69) is 16.9 Å². The summed E-state index contributed by atoms with van der Waals surface area (Å²) >= 11 is 2.90. The lowest BCUT2D eigenvalue weighted by Gasteiger charge is -2.06. The number of aryl methyl sites for hydroxylation is 2. The molecule has 3 rings (SSSR count). The second kappa shape index (κ2) is 4.76. The zero-order valence-corrected chi connectivity index (χ0v) is 12.4. The summed E-state index contributed by atoms with van der Waals surface area (Å²) in [5.74, 6) is 0.211. The van der Waals surface area contributed by atoms with Crippen molar-refractivity contribution in [2.24, 2.45) is 0 Å². The molecule has 0 amide bonds. The van der Waals surface area contributed by atoms with Crippen LogP contribution in [0.3, 0.4) is 0 Å². The quantitative estimate of drug-likeness (QED) is 0.637. The minimum atomic E-state index is -1.06. The summed E-state index contributed by atoms with van der Waals surface area (Å²) in [6, 6.07) is 0. The molecule has 0 aromatic carbocycles.